The van der Waals surface area contributed by atoms with Crippen molar-refractivity contribution >= 4 is 34.2 Å². The Kier molecular flexibility index (Phi) is 5.05. The van der Waals surface area contributed by atoms with Crippen molar-refractivity contribution in [1.82, 2.24) is 15.1 Å². The van der Waals surface area contributed by atoms with Gasteiger partial charge in [-0.05, 0) is 18.2 Å². The van der Waals surface area contributed by atoms with Gasteiger partial charge in [0.1, 0.15) is 17.3 Å². The molecule has 1 aromatic heterocycles. The Labute approximate surface area is 170 Å². The zero-order valence-corrected chi connectivity index (χ0v) is 16.2. The lowest BCUT2D eigenvalue weighted by molar-refractivity contribution is -0.116. The third-order valence-corrected chi connectivity index (χ3v) is 5.27. The van der Waals surface area contributed by atoms with E-state index >= 15 is 0 Å². The van der Waals surface area contributed by atoms with E-state index in [4.69, 9.17) is 4.74 Å². The number of nitrogens with zero attached hydrogens (tertiary/aromatic N) is 3. The minimum Gasteiger partial charge on any atom is -0.496 e. The third kappa shape index (κ3) is 3.72. The SMILES string of the molecule is COc1ccccc1Cc1nnc(NC(=O)CN2C(=O)c3ccccc3C2=O)s1. The smallest absolute Gasteiger partial charge is 0.262 e. The van der Waals surface area contributed by atoms with E-state index in [1.54, 1.807) is 31.4 Å². The van der Waals surface area contributed by atoms with E-state index in [0.29, 0.717) is 27.7 Å². The fourth-order valence-electron chi connectivity index (χ4n) is 3.07. The largest absolute Gasteiger partial charge is 0.496 e. The molecule has 0 unspecified atom stereocenters. The highest BCUT2D eigenvalue weighted by Crippen LogP contribution is 2.25. The molecular formula is C20H16N4O4S. The molecule has 2 aromatic carbocycles. The fourth-order valence-corrected chi connectivity index (χ4v) is 3.85. The Balaban J connectivity index is 1.40. The van der Waals surface area contributed by atoms with E-state index in [1.807, 2.05) is 24.3 Å². The number of rotatable bonds is 6. The molecule has 146 valence electrons. The van der Waals surface area contributed by atoms with Crippen LogP contribution in [0.3, 0.4) is 0 Å². The van der Waals surface area contributed by atoms with Crippen molar-refractivity contribution in [2.75, 3.05) is 19.0 Å². The van der Waals surface area contributed by atoms with Crippen LogP contribution in [-0.4, -0.2) is 46.5 Å². The second-order valence-electron chi connectivity index (χ2n) is 6.28. The van der Waals surface area contributed by atoms with Crippen LogP contribution in [-0.2, 0) is 11.2 Å². The van der Waals surface area contributed by atoms with Gasteiger partial charge in [-0.1, -0.05) is 41.7 Å². The number of fused-ring (bicyclic) bond motifs is 1. The van der Waals surface area contributed by atoms with Crippen LogP contribution < -0.4 is 10.1 Å². The highest BCUT2D eigenvalue weighted by molar-refractivity contribution is 7.15. The molecule has 0 radical (unpaired) electrons. The molecule has 0 atom stereocenters. The first kappa shape index (κ1) is 18.8. The van der Waals surface area contributed by atoms with Gasteiger partial charge in [0, 0.05) is 12.0 Å². The summed E-state index contributed by atoms with van der Waals surface area (Å²) in [6.45, 7) is -0.381. The molecule has 4 rings (SSSR count). The van der Waals surface area contributed by atoms with Crippen LogP contribution >= 0.6 is 11.3 Å². The van der Waals surface area contributed by atoms with Crippen LogP contribution in [0.2, 0.25) is 0 Å². The molecule has 0 bridgehead atoms. The van der Waals surface area contributed by atoms with Crippen molar-refractivity contribution in [3.05, 3.63) is 70.2 Å². The number of ether oxygens (including phenoxy) is 1. The molecule has 9 heteroatoms. The summed E-state index contributed by atoms with van der Waals surface area (Å²) in [5.74, 6) is -0.719. The first-order chi connectivity index (χ1) is 14.1. The summed E-state index contributed by atoms with van der Waals surface area (Å²) in [7, 11) is 1.60. The Bertz CT molecular complexity index is 1080. The summed E-state index contributed by atoms with van der Waals surface area (Å²) >= 11 is 1.22. The average molecular weight is 408 g/mol. The quantitative estimate of drug-likeness (QED) is 0.629. The van der Waals surface area contributed by atoms with Gasteiger partial charge in [-0.3, -0.25) is 24.6 Å². The summed E-state index contributed by atoms with van der Waals surface area (Å²) in [6, 6.07) is 14.1. The van der Waals surface area contributed by atoms with Crippen molar-refractivity contribution in [1.29, 1.82) is 0 Å². The summed E-state index contributed by atoms with van der Waals surface area (Å²) < 4.78 is 5.33. The number of hydrogen-bond donors (Lipinski definition) is 1. The van der Waals surface area contributed by atoms with Gasteiger partial charge in [-0.15, -0.1) is 10.2 Å². The molecule has 3 aromatic rings. The number of carbonyl (C=O) groups is 3. The maximum atomic E-state index is 12.4. The molecule has 0 saturated carbocycles. The number of para-hydroxylation sites is 1. The Morgan fingerprint density at radius 2 is 1.69 bits per heavy atom. The van der Waals surface area contributed by atoms with Gasteiger partial charge in [-0.25, -0.2) is 0 Å². The van der Waals surface area contributed by atoms with Gasteiger partial charge in [-0.2, -0.15) is 0 Å². The molecule has 0 fully saturated rings. The zero-order valence-electron chi connectivity index (χ0n) is 15.4. The summed E-state index contributed by atoms with van der Waals surface area (Å²) in [5, 5.41) is 11.7. The molecule has 0 spiro atoms. The molecule has 2 heterocycles. The van der Waals surface area contributed by atoms with Gasteiger partial charge in [0.05, 0.1) is 18.2 Å². The van der Waals surface area contributed by atoms with Crippen molar-refractivity contribution in [3.8, 4) is 5.75 Å². The third-order valence-electron chi connectivity index (χ3n) is 4.43. The van der Waals surface area contributed by atoms with Crippen LogP contribution in [0.15, 0.2) is 48.5 Å². The lowest BCUT2D eigenvalue weighted by Crippen LogP contribution is -2.37. The molecule has 0 aliphatic carbocycles. The van der Waals surface area contributed by atoms with Crippen LogP contribution in [0.25, 0.3) is 0 Å². The van der Waals surface area contributed by atoms with E-state index in [1.165, 1.54) is 11.3 Å². The molecule has 29 heavy (non-hydrogen) atoms. The number of hydrogen-bond acceptors (Lipinski definition) is 7. The maximum Gasteiger partial charge on any atom is 0.262 e. The minimum atomic E-state index is -0.514. The topological polar surface area (TPSA) is 101 Å². The summed E-state index contributed by atoms with van der Waals surface area (Å²) in [6.07, 6.45) is 0.510. The second-order valence-corrected chi connectivity index (χ2v) is 7.34. The Morgan fingerprint density at radius 1 is 1.03 bits per heavy atom. The van der Waals surface area contributed by atoms with E-state index in [0.717, 1.165) is 16.2 Å². The molecule has 1 aliphatic heterocycles. The predicted molar refractivity (Wildman–Crippen MR) is 106 cm³/mol. The highest BCUT2D eigenvalue weighted by Gasteiger charge is 2.36. The number of benzene rings is 2. The fraction of sp³-hybridized carbons (Fsp3) is 0.150. The maximum absolute atomic E-state index is 12.4. The average Bonchev–Trinajstić information content (AvgIpc) is 3.26. The lowest BCUT2D eigenvalue weighted by atomic mass is 10.1. The number of nitrogens with one attached hydrogen (secondary N) is 1. The van der Waals surface area contributed by atoms with Crippen LogP contribution in [0, 0.1) is 0 Å². The minimum absolute atomic E-state index is 0.302. The Morgan fingerprint density at radius 3 is 2.38 bits per heavy atom. The summed E-state index contributed by atoms with van der Waals surface area (Å²) in [4.78, 5) is 38.0. The first-order valence-corrected chi connectivity index (χ1v) is 9.58. The van der Waals surface area contributed by atoms with Gasteiger partial charge >= 0.3 is 0 Å². The monoisotopic (exact) mass is 408 g/mol. The van der Waals surface area contributed by atoms with Crippen molar-refractivity contribution in [2.45, 2.75) is 6.42 Å². The van der Waals surface area contributed by atoms with Gasteiger partial charge in [0.15, 0.2) is 0 Å². The molecular weight excluding hydrogens is 392 g/mol. The van der Waals surface area contributed by atoms with Crippen molar-refractivity contribution < 1.29 is 19.1 Å². The predicted octanol–water partition coefficient (Wildman–Crippen LogP) is 2.37. The van der Waals surface area contributed by atoms with E-state index < -0.39 is 17.7 Å². The molecule has 1 aliphatic rings. The number of methoxy groups -OCH3 is 1. The number of amides is 3. The van der Waals surface area contributed by atoms with E-state index in [-0.39, 0.29) is 6.54 Å². The molecule has 8 nitrogen and oxygen atoms in total. The normalized spacial score (nSPS) is 12.8. The molecule has 1 N–H and O–H groups in total. The van der Waals surface area contributed by atoms with Crippen molar-refractivity contribution in [2.24, 2.45) is 0 Å². The van der Waals surface area contributed by atoms with E-state index in [9.17, 15) is 14.4 Å². The number of imide groups is 1. The number of aromatic nitrogens is 2. The van der Waals surface area contributed by atoms with Crippen LogP contribution in [0.5, 0.6) is 5.75 Å². The summed E-state index contributed by atoms with van der Waals surface area (Å²) in [5.41, 5.74) is 1.57. The van der Waals surface area contributed by atoms with Crippen LogP contribution in [0.1, 0.15) is 31.3 Å². The Hall–Kier alpha value is -3.59. The molecule has 0 saturated heterocycles. The van der Waals surface area contributed by atoms with Crippen LogP contribution in [0.4, 0.5) is 5.13 Å². The van der Waals surface area contributed by atoms with E-state index in [2.05, 4.69) is 15.5 Å². The van der Waals surface area contributed by atoms with Gasteiger partial charge in [0.25, 0.3) is 11.8 Å². The zero-order chi connectivity index (χ0) is 20.4. The van der Waals surface area contributed by atoms with Gasteiger partial charge < -0.3 is 4.74 Å². The lowest BCUT2D eigenvalue weighted by Gasteiger charge is -2.12. The van der Waals surface area contributed by atoms with Crippen molar-refractivity contribution in [3.63, 3.8) is 0 Å². The highest BCUT2D eigenvalue weighted by atomic mass is 32.1. The van der Waals surface area contributed by atoms with Gasteiger partial charge in [0.2, 0.25) is 11.0 Å². The standard InChI is InChI=1S/C20H16N4O4S/c1-28-15-9-5-2-6-12(15)10-17-22-23-20(29-17)21-16(25)11-24-18(26)13-7-3-4-8-14(13)19(24)27/h2-9H,10-11H2,1H3,(H,21,23,25). The number of carbonyl (C=O) groups excluding carboxylic acids is 3. The second kappa shape index (κ2) is 7.80. The number of anilines is 1. The molecule has 3 amide bonds. The first-order valence-electron chi connectivity index (χ1n) is 8.76.